The lowest BCUT2D eigenvalue weighted by atomic mass is 10.1. The molecule has 0 saturated carbocycles. The summed E-state index contributed by atoms with van der Waals surface area (Å²) in [6.07, 6.45) is 3.50. The second-order valence-corrected chi connectivity index (χ2v) is 6.00. The third-order valence-electron chi connectivity index (χ3n) is 3.81. The fourth-order valence-electron chi connectivity index (χ4n) is 2.39. The van der Waals surface area contributed by atoms with Gasteiger partial charge in [-0.25, -0.2) is 0 Å². The van der Waals surface area contributed by atoms with E-state index >= 15 is 0 Å². The molecule has 0 saturated heterocycles. The number of amides is 1. The van der Waals surface area contributed by atoms with E-state index < -0.39 is 0 Å². The molecule has 0 fully saturated rings. The number of hydrogen-bond acceptors (Lipinski definition) is 3. The number of carbonyl (C=O) groups excluding carboxylic acids is 1. The molecule has 2 rings (SSSR count). The minimum absolute atomic E-state index is 0.0276. The number of halogens is 1. The van der Waals surface area contributed by atoms with Gasteiger partial charge in [-0.1, -0.05) is 11.6 Å². The third kappa shape index (κ3) is 3.88. The van der Waals surface area contributed by atoms with E-state index in [2.05, 4.69) is 15.3 Å². The topological polar surface area (TPSA) is 66.8 Å². The predicted octanol–water partition coefficient (Wildman–Crippen LogP) is 2.28. The fourth-order valence-corrected chi connectivity index (χ4v) is 2.54. The van der Waals surface area contributed by atoms with Crippen molar-refractivity contribution in [3.8, 4) is 0 Å². The van der Waals surface area contributed by atoms with Gasteiger partial charge >= 0.3 is 0 Å². The minimum atomic E-state index is 0.0276. The number of aromatic nitrogens is 4. The molecule has 22 heavy (non-hydrogen) atoms. The molecule has 0 spiro atoms. The van der Waals surface area contributed by atoms with Crippen molar-refractivity contribution in [2.75, 3.05) is 13.6 Å². The van der Waals surface area contributed by atoms with Crippen molar-refractivity contribution >= 4 is 17.5 Å². The molecule has 0 aliphatic carbocycles. The van der Waals surface area contributed by atoms with Gasteiger partial charge < -0.3 is 4.90 Å². The Morgan fingerprint density at radius 2 is 2.09 bits per heavy atom. The second-order valence-electron chi connectivity index (χ2n) is 5.59. The third-order valence-corrected chi connectivity index (χ3v) is 4.18. The van der Waals surface area contributed by atoms with Crippen LogP contribution < -0.4 is 0 Å². The van der Waals surface area contributed by atoms with E-state index in [0.29, 0.717) is 11.6 Å². The summed E-state index contributed by atoms with van der Waals surface area (Å²) in [7, 11) is 1.81. The number of nitrogens with one attached hydrogen (secondary N) is 1. The smallest absolute Gasteiger partial charge is 0.244 e. The van der Waals surface area contributed by atoms with E-state index in [-0.39, 0.29) is 12.5 Å². The van der Waals surface area contributed by atoms with Crippen LogP contribution in [-0.2, 0) is 17.8 Å². The molecule has 0 aliphatic rings. The van der Waals surface area contributed by atoms with Gasteiger partial charge in [0.15, 0.2) is 0 Å². The number of aromatic amines is 1. The summed E-state index contributed by atoms with van der Waals surface area (Å²) in [5, 5.41) is 12.0. The number of likely N-dealkylation sites (N-methyl/N-ethyl adjacent to an activating group) is 1. The van der Waals surface area contributed by atoms with E-state index in [1.54, 1.807) is 15.8 Å². The largest absolute Gasteiger partial charge is 0.344 e. The highest BCUT2D eigenvalue weighted by Crippen LogP contribution is 2.13. The van der Waals surface area contributed by atoms with Gasteiger partial charge in [0.05, 0.1) is 16.4 Å². The number of rotatable bonds is 6. The Kier molecular flexibility index (Phi) is 5.24. The van der Waals surface area contributed by atoms with Gasteiger partial charge in [-0.05, 0) is 39.2 Å². The predicted molar refractivity (Wildman–Crippen MR) is 86.0 cm³/mol. The maximum absolute atomic E-state index is 12.2. The average Bonchev–Trinajstić information content (AvgIpc) is 2.94. The van der Waals surface area contributed by atoms with Gasteiger partial charge in [0, 0.05) is 25.5 Å². The van der Waals surface area contributed by atoms with Crippen molar-refractivity contribution in [1.82, 2.24) is 24.9 Å². The molecule has 2 heterocycles. The van der Waals surface area contributed by atoms with E-state index in [4.69, 9.17) is 11.6 Å². The lowest BCUT2D eigenvalue weighted by molar-refractivity contribution is -0.130. The Morgan fingerprint density at radius 1 is 1.36 bits per heavy atom. The molecule has 0 bridgehead atoms. The van der Waals surface area contributed by atoms with E-state index in [0.717, 1.165) is 29.9 Å². The highest BCUT2D eigenvalue weighted by atomic mass is 35.5. The van der Waals surface area contributed by atoms with Crippen LogP contribution in [-0.4, -0.2) is 44.4 Å². The molecule has 1 N–H and O–H groups in total. The first-order valence-corrected chi connectivity index (χ1v) is 7.70. The van der Waals surface area contributed by atoms with Gasteiger partial charge in [-0.2, -0.15) is 10.2 Å². The Balaban J connectivity index is 1.81. The van der Waals surface area contributed by atoms with Crippen molar-refractivity contribution in [2.24, 2.45) is 0 Å². The lowest BCUT2D eigenvalue weighted by Gasteiger charge is -2.17. The molecule has 1 amide bonds. The first-order valence-electron chi connectivity index (χ1n) is 7.32. The van der Waals surface area contributed by atoms with E-state index in [9.17, 15) is 4.79 Å². The maximum Gasteiger partial charge on any atom is 0.244 e. The molecule has 0 aromatic carbocycles. The number of hydrogen-bond donors (Lipinski definition) is 1. The first kappa shape index (κ1) is 16.5. The molecule has 6 nitrogen and oxygen atoms in total. The molecule has 0 radical (unpaired) electrons. The summed E-state index contributed by atoms with van der Waals surface area (Å²) in [6.45, 7) is 6.76. The Labute approximate surface area is 135 Å². The molecular weight excluding hydrogens is 302 g/mol. The summed E-state index contributed by atoms with van der Waals surface area (Å²) >= 11 is 5.95. The van der Waals surface area contributed by atoms with Crippen molar-refractivity contribution in [3.05, 3.63) is 33.9 Å². The van der Waals surface area contributed by atoms with Crippen LogP contribution in [0.15, 0.2) is 6.20 Å². The highest BCUT2D eigenvalue weighted by Gasteiger charge is 2.12. The quantitative estimate of drug-likeness (QED) is 0.886. The summed E-state index contributed by atoms with van der Waals surface area (Å²) in [5.41, 5.74) is 4.12. The van der Waals surface area contributed by atoms with Gasteiger partial charge in [0.1, 0.15) is 6.54 Å². The SMILES string of the molecule is Cc1nn(CC(=O)N(C)CCCc2c(C)n[nH]c2C)cc1Cl. The van der Waals surface area contributed by atoms with E-state index in [1.165, 1.54) is 5.56 Å². The molecule has 2 aromatic heterocycles. The summed E-state index contributed by atoms with van der Waals surface area (Å²) in [6, 6.07) is 0. The van der Waals surface area contributed by atoms with Gasteiger partial charge in [-0.15, -0.1) is 0 Å². The minimum Gasteiger partial charge on any atom is -0.344 e. The zero-order valence-corrected chi connectivity index (χ0v) is 14.2. The van der Waals surface area contributed by atoms with Crippen LogP contribution in [0.1, 0.15) is 29.1 Å². The Bertz CT molecular complexity index is 622. The fraction of sp³-hybridized carbons (Fsp3) is 0.533. The molecule has 0 aliphatic heterocycles. The second kappa shape index (κ2) is 6.96. The van der Waals surface area contributed by atoms with Crippen LogP contribution in [0.4, 0.5) is 0 Å². The molecule has 2 aromatic rings. The van der Waals surface area contributed by atoms with Crippen LogP contribution in [0.5, 0.6) is 0 Å². The highest BCUT2D eigenvalue weighted by molar-refractivity contribution is 6.31. The summed E-state index contributed by atoms with van der Waals surface area (Å²) < 4.78 is 1.58. The van der Waals surface area contributed by atoms with Crippen LogP contribution in [0.3, 0.4) is 0 Å². The number of nitrogens with zero attached hydrogens (tertiary/aromatic N) is 4. The van der Waals surface area contributed by atoms with Crippen molar-refractivity contribution < 1.29 is 4.79 Å². The first-order chi connectivity index (χ1) is 10.4. The van der Waals surface area contributed by atoms with Crippen LogP contribution >= 0.6 is 11.6 Å². The summed E-state index contributed by atoms with van der Waals surface area (Å²) in [4.78, 5) is 13.9. The summed E-state index contributed by atoms with van der Waals surface area (Å²) in [5.74, 6) is 0.0276. The zero-order valence-electron chi connectivity index (χ0n) is 13.5. The van der Waals surface area contributed by atoms with E-state index in [1.807, 2.05) is 27.8 Å². The monoisotopic (exact) mass is 323 g/mol. The van der Waals surface area contributed by atoms with Crippen molar-refractivity contribution in [1.29, 1.82) is 0 Å². The van der Waals surface area contributed by atoms with Crippen molar-refractivity contribution in [3.63, 3.8) is 0 Å². The number of aryl methyl sites for hydroxylation is 3. The Morgan fingerprint density at radius 3 is 2.64 bits per heavy atom. The normalized spacial score (nSPS) is 11.0. The molecule has 120 valence electrons. The molecule has 7 heteroatoms. The number of carbonyl (C=O) groups is 1. The van der Waals surface area contributed by atoms with Gasteiger partial charge in [0.2, 0.25) is 5.91 Å². The molecular formula is C15H22ClN5O. The van der Waals surface area contributed by atoms with Gasteiger partial charge in [0.25, 0.3) is 0 Å². The standard InChI is InChI=1S/C15H22ClN5O/c1-10-13(11(2)18-17-10)6-5-7-20(4)15(22)9-21-8-14(16)12(3)19-21/h8H,5-7,9H2,1-4H3,(H,17,18). The maximum atomic E-state index is 12.2. The number of H-pyrrole nitrogens is 1. The van der Waals surface area contributed by atoms with Crippen LogP contribution in [0, 0.1) is 20.8 Å². The molecule has 0 atom stereocenters. The van der Waals surface area contributed by atoms with Gasteiger partial charge in [-0.3, -0.25) is 14.6 Å². The Hall–Kier alpha value is -1.82. The van der Waals surface area contributed by atoms with Crippen LogP contribution in [0.25, 0.3) is 0 Å². The zero-order chi connectivity index (χ0) is 16.3. The molecule has 0 unspecified atom stereocenters. The lowest BCUT2D eigenvalue weighted by Crippen LogP contribution is -2.31. The average molecular weight is 324 g/mol. The van der Waals surface area contributed by atoms with Crippen LogP contribution in [0.2, 0.25) is 5.02 Å². The van der Waals surface area contributed by atoms with Crippen molar-refractivity contribution in [2.45, 2.75) is 40.2 Å².